The summed E-state index contributed by atoms with van der Waals surface area (Å²) in [5.74, 6) is 0.350. The van der Waals surface area contributed by atoms with Crippen molar-refractivity contribution in [3.05, 3.63) is 120 Å². The number of ether oxygens (including phenoxy) is 1. The molecule has 182 valence electrons. The minimum absolute atomic E-state index is 0.130. The van der Waals surface area contributed by atoms with Crippen molar-refractivity contribution in [2.24, 2.45) is 0 Å². The van der Waals surface area contributed by atoms with E-state index in [2.05, 4.69) is 5.32 Å². The second-order valence-electron chi connectivity index (χ2n) is 8.16. The summed E-state index contributed by atoms with van der Waals surface area (Å²) in [7, 11) is 0. The maximum Gasteiger partial charge on any atom is 0.251 e. The zero-order chi connectivity index (χ0) is 25.6. The van der Waals surface area contributed by atoms with Gasteiger partial charge in [0.2, 0.25) is 0 Å². The number of allylic oxidation sites excluding steroid dienone is 1. The third kappa shape index (κ3) is 4.61. The third-order valence-electron chi connectivity index (χ3n) is 5.87. The molecule has 5 rings (SSSR count). The summed E-state index contributed by atoms with van der Waals surface area (Å²) in [6.07, 6.45) is 2.12. The Morgan fingerprint density at radius 2 is 1.67 bits per heavy atom. The zero-order valence-corrected chi connectivity index (χ0v) is 21.4. The molecule has 1 aliphatic heterocycles. The van der Waals surface area contributed by atoms with Crippen LogP contribution in [0.1, 0.15) is 27.0 Å². The first-order valence-electron chi connectivity index (χ1n) is 10.8. The van der Waals surface area contributed by atoms with Gasteiger partial charge in [-0.1, -0.05) is 64.6 Å². The maximum atomic E-state index is 12.8. The average molecular weight is 561 g/mol. The van der Waals surface area contributed by atoms with E-state index in [0.717, 1.165) is 11.1 Å². The number of carbonyl (C=O) groups excluding carboxylic acids is 1. The number of rotatable bonds is 4. The molecule has 2 aliphatic rings. The van der Waals surface area contributed by atoms with E-state index in [1.54, 1.807) is 54.6 Å². The quantitative estimate of drug-likeness (QED) is 0.326. The molecule has 36 heavy (non-hydrogen) atoms. The van der Waals surface area contributed by atoms with Crippen LogP contribution in [-0.2, 0) is 6.54 Å². The predicted octanol–water partition coefficient (Wildman–Crippen LogP) is 6.86. The van der Waals surface area contributed by atoms with Gasteiger partial charge in [-0.15, -0.1) is 0 Å². The van der Waals surface area contributed by atoms with Crippen molar-refractivity contribution in [2.75, 3.05) is 0 Å². The second-order valence-corrected chi connectivity index (χ2v) is 9.81. The Bertz CT molecular complexity index is 1470. The number of nitrogens with one attached hydrogen (secondary N) is 1. The van der Waals surface area contributed by atoms with Crippen molar-refractivity contribution in [2.45, 2.75) is 12.6 Å². The number of amides is 1. The first kappa shape index (κ1) is 24.8. The fraction of sp³-hybridized carbons (Fsp3) is 0.0741. The summed E-state index contributed by atoms with van der Waals surface area (Å²) in [5.41, 5.74) is 3.83. The number of hydrogen-bond acceptors (Lipinski definition) is 4. The summed E-state index contributed by atoms with van der Waals surface area (Å²) >= 11 is 24.8. The molecule has 0 spiro atoms. The molecule has 1 heterocycles. The molecular weight excluding hydrogens is 544 g/mol. The molecule has 3 aromatic carbocycles. The Morgan fingerprint density at radius 1 is 0.972 bits per heavy atom. The summed E-state index contributed by atoms with van der Waals surface area (Å²) in [5, 5.41) is 24.4. The lowest BCUT2D eigenvalue weighted by atomic mass is 9.87. The number of halogens is 4. The predicted molar refractivity (Wildman–Crippen MR) is 142 cm³/mol. The molecule has 0 fully saturated rings. The number of phenolic OH excluding ortho intramolecular Hbond substituents is 1. The van der Waals surface area contributed by atoms with Crippen molar-refractivity contribution >= 4 is 57.9 Å². The molecular formula is C27H17Cl4NO4. The van der Waals surface area contributed by atoms with Crippen LogP contribution in [-0.4, -0.2) is 22.2 Å². The number of hydrogen-bond donors (Lipinski definition) is 3. The Kier molecular flexibility index (Phi) is 6.77. The summed E-state index contributed by atoms with van der Waals surface area (Å²) < 4.78 is 5.93. The van der Waals surface area contributed by atoms with Crippen LogP contribution in [0, 0.1) is 0 Å². The SMILES string of the molecule is O=C(NCc1c(Cl)cccc1Cl)c1ccc(C2=C3C=C(Cl)C(O)C=C3Oc3cc(O)c(Cl)cc32)cc1. The van der Waals surface area contributed by atoms with E-state index < -0.39 is 6.10 Å². The minimum Gasteiger partial charge on any atom is -0.506 e. The van der Waals surface area contributed by atoms with Crippen molar-refractivity contribution in [3.8, 4) is 11.5 Å². The van der Waals surface area contributed by atoms with Crippen LogP contribution in [0.4, 0.5) is 0 Å². The van der Waals surface area contributed by atoms with Gasteiger partial charge in [0.1, 0.15) is 23.4 Å². The third-order valence-corrected chi connectivity index (χ3v) is 7.21. The molecule has 0 aromatic heterocycles. The topological polar surface area (TPSA) is 78.8 Å². The van der Waals surface area contributed by atoms with E-state index in [-0.39, 0.29) is 28.3 Å². The van der Waals surface area contributed by atoms with E-state index >= 15 is 0 Å². The van der Waals surface area contributed by atoms with Gasteiger partial charge in [0.05, 0.1) is 10.1 Å². The second kappa shape index (κ2) is 9.85. The van der Waals surface area contributed by atoms with Gasteiger partial charge < -0.3 is 20.3 Å². The molecule has 1 aliphatic carbocycles. The molecule has 0 bridgehead atoms. The van der Waals surface area contributed by atoms with Crippen molar-refractivity contribution in [1.29, 1.82) is 0 Å². The Labute approximate surface area is 226 Å². The van der Waals surface area contributed by atoms with Crippen molar-refractivity contribution < 1.29 is 19.7 Å². The molecule has 1 unspecified atom stereocenters. The molecule has 1 amide bonds. The van der Waals surface area contributed by atoms with Gasteiger partial charge in [-0.05, 0) is 48.0 Å². The van der Waals surface area contributed by atoms with E-state index in [4.69, 9.17) is 51.1 Å². The molecule has 9 heteroatoms. The fourth-order valence-corrected chi connectivity index (χ4v) is 4.92. The molecule has 3 aromatic rings. The standard InChI is InChI=1S/C27H17Cl4NO4/c28-18-2-1-3-19(29)17(18)12-32-27(35)14-6-4-13(5-7-14)26-15-8-20(30)22(33)10-24(15)36-25-11-23(34)21(31)9-16(25)26/h1-11,22,33-34H,12H2,(H,32,35). The number of benzene rings is 3. The molecule has 0 saturated heterocycles. The van der Waals surface area contributed by atoms with Gasteiger partial charge in [0.25, 0.3) is 5.91 Å². The molecule has 0 saturated carbocycles. The fourth-order valence-electron chi connectivity index (χ4n) is 4.05. The van der Waals surface area contributed by atoms with Crippen LogP contribution < -0.4 is 10.1 Å². The maximum absolute atomic E-state index is 12.8. The van der Waals surface area contributed by atoms with Crippen molar-refractivity contribution in [3.63, 3.8) is 0 Å². The van der Waals surface area contributed by atoms with Crippen LogP contribution in [0.5, 0.6) is 11.5 Å². The van der Waals surface area contributed by atoms with Crippen LogP contribution in [0.2, 0.25) is 15.1 Å². The van der Waals surface area contributed by atoms with E-state index in [1.165, 1.54) is 12.1 Å². The number of fused-ring (bicyclic) bond motifs is 2. The lowest BCUT2D eigenvalue weighted by molar-refractivity contribution is 0.0951. The Balaban J connectivity index is 1.49. The normalized spacial score (nSPS) is 16.4. The number of aliphatic hydroxyl groups excluding tert-OH is 1. The molecule has 5 nitrogen and oxygen atoms in total. The largest absolute Gasteiger partial charge is 0.506 e. The summed E-state index contributed by atoms with van der Waals surface area (Å²) in [6.45, 7) is 0.181. The first-order chi connectivity index (χ1) is 17.2. The molecule has 1 atom stereocenters. The van der Waals surface area contributed by atoms with Crippen molar-refractivity contribution in [1.82, 2.24) is 5.32 Å². The highest BCUT2D eigenvalue weighted by Gasteiger charge is 2.30. The van der Waals surface area contributed by atoms with Gasteiger partial charge in [0, 0.05) is 50.5 Å². The zero-order valence-electron chi connectivity index (χ0n) is 18.4. The van der Waals surface area contributed by atoms with Crippen LogP contribution >= 0.6 is 46.4 Å². The molecule has 3 N–H and O–H groups in total. The monoisotopic (exact) mass is 559 g/mol. The lowest BCUT2D eigenvalue weighted by Crippen LogP contribution is -2.23. The number of carbonyl (C=O) groups is 1. The van der Waals surface area contributed by atoms with Gasteiger partial charge in [-0.3, -0.25) is 4.79 Å². The van der Waals surface area contributed by atoms with Crippen LogP contribution in [0.25, 0.3) is 5.57 Å². The minimum atomic E-state index is -1.01. The summed E-state index contributed by atoms with van der Waals surface area (Å²) in [6, 6.07) is 15.2. The van der Waals surface area contributed by atoms with Crippen LogP contribution in [0.15, 0.2) is 83.1 Å². The number of aromatic hydroxyl groups is 1. The van der Waals surface area contributed by atoms with E-state index in [0.29, 0.717) is 43.8 Å². The highest BCUT2D eigenvalue weighted by molar-refractivity contribution is 6.36. The van der Waals surface area contributed by atoms with Gasteiger partial charge in [-0.2, -0.15) is 0 Å². The van der Waals surface area contributed by atoms with Gasteiger partial charge in [0.15, 0.2) is 0 Å². The first-order valence-corrected chi connectivity index (χ1v) is 12.3. The smallest absolute Gasteiger partial charge is 0.251 e. The Morgan fingerprint density at radius 3 is 2.36 bits per heavy atom. The Hall–Kier alpha value is -2.93. The molecule has 0 radical (unpaired) electrons. The van der Waals surface area contributed by atoms with Gasteiger partial charge in [-0.25, -0.2) is 0 Å². The van der Waals surface area contributed by atoms with Gasteiger partial charge >= 0.3 is 0 Å². The highest BCUT2D eigenvalue weighted by Crippen LogP contribution is 2.47. The average Bonchev–Trinajstić information content (AvgIpc) is 2.84. The van der Waals surface area contributed by atoms with Crippen LogP contribution in [0.3, 0.4) is 0 Å². The number of aliphatic hydroxyl groups is 1. The number of phenols is 1. The summed E-state index contributed by atoms with van der Waals surface area (Å²) in [4.78, 5) is 12.8. The lowest BCUT2D eigenvalue weighted by Gasteiger charge is -2.28. The van der Waals surface area contributed by atoms with E-state index in [1.807, 2.05) is 0 Å². The highest BCUT2D eigenvalue weighted by atomic mass is 35.5. The van der Waals surface area contributed by atoms with E-state index in [9.17, 15) is 15.0 Å².